The van der Waals surface area contributed by atoms with Crippen molar-refractivity contribution in [1.29, 1.82) is 0 Å². The zero-order chi connectivity index (χ0) is 12.3. The second kappa shape index (κ2) is 5.17. The number of nitrogens with one attached hydrogen (secondary N) is 1. The van der Waals surface area contributed by atoms with Crippen LogP contribution in [0.4, 0.5) is 17.5 Å². The van der Waals surface area contributed by atoms with Crippen molar-refractivity contribution in [2.24, 2.45) is 0 Å². The zero-order valence-corrected chi connectivity index (χ0v) is 9.94. The normalized spacial score (nSPS) is 16.7. The molecule has 1 aliphatic heterocycles. The van der Waals surface area contributed by atoms with Gasteiger partial charge in [0.25, 0.3) is 0 Å². The predicted octanol–water partition coefficient (Wildman–Crippen LogP) is 1.27. The van der Waals surface area contributed by atoms with Crippen molar-refractivity contribution in [3.8, 4) is 0 Å². The van der Waals surface area contributed by atoms with Crippen LogP contribution in [0.15, 0.2) is 6.20 Å². The van der Waals surface area contributed by atoms with Crippen LogP contribution in [0.3, 0.4) is 0 Å². The number of thioether (sulfide) groups is 1. The van der Waals surface area contributed by atoms with E-state index >= 15 is 0 Å². The van der Waals surface area contributed by atoms with E-state index in [0.717, 1.165) is 30.5 Å². The summed E-state index contributed by atoms with van der Waals surface area (Å²) >= 11 is 1.89. The van der Waals surface area contributed by atoms with E-state index in [-0.39, 0.29) is 23.5 Å². The minimum Gasteiger partial charge on any atom is -0.368 e. The molecule has 0 spiro atoms. The molecule has 0 saturated carbocycles. The molecule has 3 N–H and O–H groups in total. The highest BCUT2D eigenvalue weighted by Gasteiger charge is 2.21. The van der Waals surface area contributed by atoms with E-state index in [4.69, 9.17) is 5.73 Å². The number of anilines is 2. The van der Waals surface area contributed by atoms with Crippen LogP contribution in [0.5, 0.6) is 0 Å². The minimum atomic E-state index is -0.501. The summed E-state index contributed by atoms with van der Waals surface area (Å²) in [4.78, 5) is 17.8. The molecule has 7 nitrogen and oxygen atoms in total. The first-order chi connectivity index (χ1) is 8.16. The lowest BCUT2D eigenvalue weighted by Gasteiger charge is -2.22. The van der Waals surface area contributed by atoms with Crippen LogP contribution in [0.25, 0.3) is 0 Å². The number of hydrogen-bond donors (Lipinski definition) is 2. The molecule has 1 fully saturated rings. The van der Waals surface area contributed by atoms with E-state index in [9.17, 15) is 10.1 Å². The third-order valence-electron chi connectivity index (χ3n) is 2.55. The van der Waals surface area contributed by atoms with E-state index < -0.39 is 4.92 Å². The van der Waals surface area contributed by atoms with Crippen molar-refractivity contribution in [3.05, 3.63) is 16.3 Å². The van der Waals surface area contributed by atoms with E-state index in [2.05, 4.69) is 15.3 Å². The van der Waals surface area contributed by atoms with Crippen molar-refractivity contribution in [2.75, 3.05) is 22.6 Å². The van der Waals surface area contributed by atoms with Crippen molar-refractivity contribution in [1.82, 2.24) is 9.97 Å². The van der Waals surface area contributed by atoms with Gasteiger partial charge >= 0.3 is 5.69 Å². The van der Waals surface area contributed by atoms with Gasteiger partial charge in [0, 0.05) is 6.04 Å². The monoisotopic (exact) mass is 255 g/mol. The molecule has 0 radical (unpaired) electrons. The summed E-state index contributed by atoms with van der Waals surface area (Å²) in [7, 11) is 0. The van der Waals surface area contributed by atoms with Crippen LogP contribution >= 0.6 is 11.8 Å². The topological polar surface area (TPSA) is 107 Å². The van der Waals surface area contributed by atoms with Crippen LogP contribution < -0.4 is 11.1 Å². The van der Waals surface area contributed by atoms with Gasteiger partial charge in [-0.1, -0.05) is 0 Å². The van der Waals surface area contributed by atoms with Crippen LogP contribution in [-0.2, 0) is 0 Å². The van der Waals surface area contributed by atoms with Gasteiger partial charge in [-0.15, -0.1) is 0 Å². The molecule has 92 valence electrons. The average Bonchev–Trinajstić information content (AvgIpc) is 2.30. The SMILES string of the molecule is Nc1ncc([N+](=O)[O-])c(NC2CCSCC2)n1. The Kier molecular flexibility index (Phi) is 3.62. The first-order valence-corrected chi connectivity index (χ1v) is 6.43. The molecular formula is C9H13N5O2S. The standard InChI is InChI=1S/C9H13N5O2S/c10-9-11-5-7(14(15)16)8(13-9)12-6-1-3-17-4-2-6/h5-6H,1-4H2,(H3,10,11,12,13). The highest BCUT2D eigenvalue weighted by Crippen LogP contribution is 2.25. The molecule has 1 aromatic rings. The molecule has 0 amide bonds. The third-order valence-corrected chi connectivity index (χ3v) is 3.60. The first kappa shape index (κ1) is 11.9. The maximum Gasteiger partial charge on any atom is 0.329 e. The first-order valence-electron chi connectivity index (χ1n) is 5.28. The summed E-state index contributed by atoms with van der Waals surface area (Å²) in [5.41, 5.74) is 5.32. The van der Waals surface area contributed by atoms with Gasteiger partial charge in [0.1, 0.15) is 6.20 Å². The number of nitrogens with zero attached hydrogens (tertiary/aromatic N) is 3. The molecular weight excluding hydrogens is 242 g/mol. The maximum absolute atomic E-state index is 10.8. The Labute approximate surface area is 102 Å². The third kappa shape index (κ3) is 2.96. The Morgan fingerprint density at radius 2 is 2.24 bits per heavy atom. The Balaban J connectivity index is 2.17. The second-order valence-electron chi connectivity index (χ2n) is 3.75. The van der Waals surface area contributed by atoms with Gasteiger partial charge in [-0.2, -0.15) is 16.7 Å². The molecule has 1 saturated heterocycles. The molecule has 2 heterocycles. The number of hydrogen-bond acceptors (Lipinski definition) is 7. The molecule has 0 aliphatic carbocycles. The van der Waals surface area contributed by atoms with Gasteiger partial charge < -0.3 is 11.1 Å². The van der Waals surface area contributed by atoms with Crippen molar-refractivity contribution >= 4 is 29.2 Å². The van der Waals surface area contributed by atoms with E-state index in [1.54, 1.807) is 0 Å². The highest BCUT2D eigenvalue weighted by molar-refractivity contribution is 7.99. The van der Waals surface area contributed by atoms with Gasteiger partial charge in [-0.3, -0.25) is 10.1 Å². The molecule has 1 aliphatic rings. The molecule has 0 unspecified atom stereocenters. The fourth-order valence-electron chi connectivity index (χ4n) is 1.66. The Bertz CT molecular complexity index is 422. The lowest BCUT2D eigenvalue weighted by Crippen LogP contribution is -2.25. The average molecular weight is 255 g/mol. The van der Waals surface area contributed by atoms with Crippen molar-refractivity contribution in [2.45, 2.75) is 18.9 Å². The maximum atomic E-state index is 10.8. The largest absolute Gasteiger partial charge is 0.368 e. The number of rotatable bonds is 3. The van der Waals surface area contributed by atoms with Gasteiger partial charge in [-0.25, -0.2) is 4.98 Å². The molecule has 17 heavy (non-hydrogen) atoms. The quantitative estimate of drug-likeness (QED) is 0.618. The summed E-state index contributed by atoms with van der Waals surface area (Å²) in [5.74, 6) is 2.39. The van der Waals surface area contributed by atoms with Crippen molar-refractivity contribution in [3.63, 3.8) is 0 Å². The Hall–Kier alpha value is -1.57. The molecule has 1 aromatic heterocycles. The van der Waals surface area contributed by atoms with Crippen LogP contribution in [-0.4, -0.2) is 32.4 Å². The van der Waals surface area contributed by atoms with Crippen LogP contribution in [0, 0.1) is 10.1 Å². The van der Waals surface area contributed by atoms with Crippen LogP contribution in [0.2, 0.25) is 0 Å². The summed E-state index contributed by atoms with van der Waals surface area (Å²) in [6.45, 7) is 0. The number of aromatic nitrogens is 2. The number of nitrogen functional groups attached to an aromatic ring is 1. The van der Waals surface area contributed by atoms with E-state index in [1.807, 2.05) is 11.8 Å². The fourth-order valence-corrected chi connectivity index (χ4v) is 2.77. The van der Waals surface area contributed by atoms with Crippen LogP contribution in [0.1, 0.15) is 12.8 Å². The fraction of sp³-hybridized carbons (Fsp3) is 0.556. The van der Waals surface area contributed by atoms with Gasteiger partial charge in [0.2, 0.25) is 11.8 Å². The molecule has 0 atom stereocenters. The second-order valence-corrected chi connectivity index (χ2v) is 4.97. The summed E-state index contributed by atoms with van der Waals surface area (Å²) in [6.07, 6.45) is 3.10. The van der Waals surface area contributed by atoms with E-state index in [1.165, 1.54) is 0 Å². The highest BCUT2D eigenvalue weighted by atomic mass is 32.2. The zero-order valence-electron chi connectivity index (χ0n) is 9.13. The summed E-state index contributed by atoms with van der Waals surface area (Å²) in [6, 6.07) is 0.226. The number of nitro groups is 1. The predicted molar refractivity (Wildman–Crippen MR) is 67.1 cm³/mol. The summed E-state index contributed by atoms with van der Waals surface area (Å²) in [5, 5.41) is 13.9. The van der Waals surface area contributed by atoms with E-state index in [0.29, 0.717) is 0 Å². The Morgan fingerprint density at radius 1 is 1.53 bits per heavy atom. The smallest absolute Gasteiger partial charge is 0.329 e. The van der Waals surface area contributed by atoms with Crippen molar-refractivity contribution < 1.29 is 4.92 Å². The molecule has 8 heteroatoms. The molecule has 0 aromatic carbocycles. The Morgan fingerprint density at radius 3 is 2.88 bits per heavy atom. The number of nitrogens with two attached hydrogens (primary N) is 1. The lowest BCUT2D eigenvalue weighted by molar-refractivity contribution is -0.384. The van der Waals surface area contributed by atoms with Gasteiger partial charge in [-0.05, 0) is 24.3 Å². The lowest BCUT2D eigenvalue weighted by atomic mass is 10.1. The molecule has 0 bridgehead atoms. The van der Waals surface area contributed by atoms with Gasteiger partial charge in [0.05, 0.1) is 4.92 Å². The minimum absolute atomic E-state index is 0.0447. The van der Waals surface area contributed by atoms with Gasteiger partial charge in [0.15, 0.2) is 0 Å². The molecule has 2 rings (SSSR count). The summed E-state index contributed by atoms with van der Waals surface area (Å²) < 4.78 is 0.